The molecule has 1 aliphatic carbocycles. The molecule has 5 unspecified atom stereocenters. The summed E-state index contributed by atoms with van der Waals surface area (Å²) in [5, 5.41) is 0. The van der Waals surface area contributed by atoms with Gasteiger partial charge in [-0.05, 0) is 89.4 Å². The van der Waals surface area contributed by atoms with Crippen LogP contribution in [0.3, 0.4) is 0 Å². The number of carbonyl (C=O) groups is 2. The van der Waals surface area contributed by atoms with Gasteiger partial charge in [0.1, 0.15) is 11.2 Å². The number of unbranched alkanes of at least 4 members (excludes halogenated alkanes) is 2. The molecule has 1 rings (SSSR count). The van der Waals surface area contributed by atoms with Crippen LogP contribution in [0.4, 0.5) is 0 Å². The Labute approximate surface area is 205 Å². The van der Waals surface area contributed by atoms with Crippen LogP contribution in [0.5, 0.6) is 0 Å². The number of rotatable bonds is 14. The van der Waals surface area contributed by atoms with Crippen molar-refractivity contribution in [2.24, 2.45) is 29.6 Å². The van der Waals surface area contributed by atoms with Gasteiger partial charge in [-0.25, -0.2) is 0 Å². The highest BCUT2D eigenvalue weighted by Crippen LogP contribution is 2.39. The third kappa shape index (κ3) is 10.4. The van der Waals surface area contributed by atoms with Crippen LogP contribution in [-0.2, 0) is 19.1 Å². The molecule has 4 heteroatoms. The molecular weight excluding hydrogens is 412 g/mol. The van der Waals surface area contributed by atoms with Crippen molar-refractivity contribution in [3.63, 3.8) is 0 Å². The molecule has 0 heterocycles. The highest BCUT2D eigenvalue weighted by Gasteiger charge is 2.44. The maximum absolute atomic E-state index is 13.5. The van der Waals surface area contributed by atoms with Crippen LogP contribution in [0, 0.1) is 29.6 Å². The SMILES string of the molecule is CCCCC(C)(CC(C)C)OC(=O)C1CCC(C)CC1C(=O)OC(C)(CCCC)CC(C)C. The highest BCUT2D eigenvalue weighted by molar-refractivity contribution is 5.82. The average molecular weight is 467 g/mol. The molecule has 0 bridgehead atoms. The van der Waals surface area contributed by atoms with E-state index in [0.717, 1.165) is 57.8 Å². The van der Waals surface area contributed by atoms with Gasteiger partial charge in [0.2, 0.25) is 0 Å². The Hall–Kier alpha value is -1.06. The molecule has 5 atom stereocenters. The van der Waals surface area contributed by atoms with E-state index in [0.29, 0.717) is 30.6 Å². The number of hydrogen-bond donors (Lipinski definition) is 0. The van der Waals surface area contributed by atoms with Crippen LogP contribution < -0.4 is 0 Å². The van der Waals surface area contributed by atoms with Crippen LogP contribution in [0.1, 0.15) is 133 Å². The first-order chi connectivity index (χ1) is 15.3. The van der Waals surface area contributed by atoms with Gasteiger partial charge in [-0.15, -0.1) is 0 Å². The predicted molar refractivity (Wildman–Crippen MR) is 137 cm³/mol. The first kappa shape index (κ1) is 30.0. The molecule has 0 N–H and O–H groups in total. The number of esters is 2. The summed E-state index contributed by atoms with van der Waals surface area (Å²) in [5.74, 6) is 0.132. The van der Waals surface area contributed by atoms with Gasteiger partial charge in [0.25, 0.3) is 0 Å². The van der Waals surface area contributed by atoms with E-state index in [1.54, 1.807) is 0 Å². The van der Waals surface area contributed by atoms with E-state index >= 15 is 0 Å². The molecule has 0 radical (unpaired) electrons. The molecular formula is C29H54O4. The van der Waals surface area contributed by atoms with Gasteiger partial charge in [0.05, 0.1) is 11.8 Å². The fourth-order valence-electron chi connectivity index (χ4n) is 5.78. The van der Waals surface area contributed by atoms with Crippen LogP contribution in [-0.4, -0.2) is 23.1 Å². The van der Waals surface area contributed by atoms with Crippen molar-refractivity contribution in [1.29, 1.82) is 0 Å². The van der Waals surface area contributed by atoms with E-state index in [4.69, 9.17) is 9.47 Å². The van der Waals surface area contributed by atoms with Crippen molar-refractivity contribution in [3.05, 3.63) is 0 Å². The fourth-order valence-corrected chi connectivity index (χ4v) is 5.78. The lowest BCUT2D eigenvalue weighted by Gasteiger charge is -2.39. The summed E-state index contributed by atoms with van der Waals surface area (Å²) in [5.41, 5.74) is -0.935. The predicted octanol–water partition coefficient (Wildman–Crippen LogP) is 8.12. The zero-order chi connectivity index (χ0) is 25.2. The van der Waals surface area contributed by atoms with E-state index in [2.05, 4.69) is 62.3 Å². The second-order valence-corrected chi connectivity index (χ2v) is 12.3. The van der Waals surface area contributed by atoms with E-state index in [1.165, 1.54) is 0 Å². The zero-order valence-corrected chi connectivity index (χ0v) is 23.3. The van der Waals surface area contributed by atoms with Gasteiger partial charge in [-0.3, -0.25) is 9.59 Å². The van der Waals surface area contributed by atoms with Crippen molar-refractivity contribution in [2.75, 3.05) is 0 Å². The summed E-state index contributed by atoms with van der Waals surface area (Å²) in [6.45, 7) is 19.3. The molecule has 1 aliphatic rings. The molecule has 0 aliphatic heterocycles. The Morgan fingerprint density at radius 3 is 1.61 bits per heavy atom. The summed E-state index contributed by atoms with van der Waals surface area (Å²) in [6, 6.07) is 0. The van der Waals surface area contributed by atoms with E-state index < -0.39 is 23.0 Å². The van der Waals surface area contributed by atoms with Crippen LogP contribution in [0.2, 0.25) is 0 Å². The minimum Gasteiger partial charge on any atom is -0.459 e. The molecule has 1 fully saturated rings. The molecule has 0 aromatic carbocycles. The first-order valence-corrected chi connectivity index (χ1v) is 13.8. The molecule has 33 heavy (non-hydrogen) atoms. The zero-order valence-electron chi connectivity index (χ0n) is 23.3. The monoisotopic (exact) mass is 466 g/mol. The van der Waals surface area contributed by atoms with Crippen LogP contribution in [0.25, 0.3) is 0 Å². The number of hydrogen-bond acceptors (Lipinski definition) is 4. The quantitative estimate of drug-likeness (QED) is 0.243. The Bertz CT molecular complexity index is 598. The van der Waals surface area contributed by atoms with Gasteiger partial charge >= 0.3 is 11.9 Å². The van der Waals surface area contributed by atoms with Gasteiger partial charge in [0.15, 0.2) is 0 Å². The Kier molecular flexibility index (Phi) is 12.5. The van der Waals surface area contributed by atoms with E-state index in [-0.39, 0.29) is 11.9 Å². The molecule has 0 aromatic heterocycles. The molecule has 0 spiro atoms. The second kappa shape index (κ2) is 13.7. The molecule has 4 nitrogen and oxygen atoms in total. The fraction of sp³-hybridized carbons (Fsp3) is 0.931. The number of ether oxygens (including phenoxy) is 2. The topological polar surface area (TPSA) is 52.6 Å². The average Bonchev–Trinajstić information content (AvgIpc) is 2.69. The van der Waals surface area contributed by atoms with Crippen molar-refractivity contribution in [2.45, 2.75) is 144 Å². The standard InChI is InChI=1S/C29H54O4/c1-10-12-16-28(8,19-21(3)4)32-26(30)24-15-14-23(7)18-25(24)27(31)33-29(9,17-13-11-2)20-22(5)6/h21-25H,10-20H2,1-9H3. The minimum atomic E-state index is -0.469. The Balaban J connectivity index is 3.04. The van der Waals surface area contributed by atoms with Gasteiger partial charge in [0, 0.05) is 0 Å². The normalized spacial score (nSPS) is 24.9. The summed E-state index contributed by atoms with van der Waals surface area (Å²) >= 11 is 0. The molecule has 0 saturated heterocycles. The Morgan fingerprint density at radius 1 is 0.788 bits per heavy atom. The maximum Gasteiger partial charge on any atom is 0.310 e. The van der Waals surface area contributed by atoms with Gasteiger partial charge < -0.3 is 9.47 Å². The molecule has 1 saturated carbocycles. The third-order valence-corrected chi connectivity index (χ3v) is 7.21. The first-order valence-electron chi connectivity index (χ1n) is 13.8. The smallest absolute Gasteiger partial charge is 0.310 e. The van der Waals surface area contributed by atoms with Crippen molar-refractivity contribution in [1.82, 2.24) is 0 Å². The van der Waals surface area contributed by atoms with Crippen molar-refractivity contribution < 1.29 is 19.1 Å². The summed E-state index contributed by atoms with van der Waals surface area (Å²) in [7, 11) is 0. The third-order valence-electron chi connectivity index (χ3n) is 7.21. The van der Waals surface area contributed by atoms with Crippen molar-refractivity contribution in [3.8, 4) is 0 Å². The van der Waals surface area contributed by atoms with E-state index in [9.17, 15) is 9.59 Å². The van der Waals surface area contributed by atoms with Crippen LogP contribution >= 0.6 is 0 Å². The summed E-state index contributed by atoms with van der Waals surface area (Å²) < 4.78 is 12.5. The lowest BCUT2D eigenvalue weighted by atomic mass is 9.74. The molecule has 0 amide bonds. The molecule has 0 aromatic rings. The maximum atomic E-state index is 13.5. The Morgan fingerprint density at radius 2 is 1.21 bits per heavy atom. The summed E-state index contributed by atoms with van der Waals surface area (Å²) in [4.78, 5) is 27.0. The van der Waals surface area contributed by atoms with E-state index in [1.807, 2.05) is 0 Å². The molecule has 194 valence electrons. The minimum absolute atomic E-state index is 0.192. The van der Waals surface area contributed by atoms with Crippen molar-refractivity contribution >= 4 is 11.9 Å². The lowest BCUT2D eigenvalue weighted by molar-refractivity contribution is -0.181. The van der Waals surface area contributed by atoms with Gasteiger partial charge in [-0.1, -0.05) is 61.3 Å². The highest BCUT2D eigenvalue weighted by atomic mass is 16.6. The van der Waals surface area contributed by atoms with Gasteiger partial charge in [-0.2, -0.15) is 0 Å². The second-order valence-electron chi connectivity index (χ2n) is 12.3. The van der Waals surface area contributed by atoms with Crippen LogP contribution in [0.15, 0.2) is 0 Å². The largest absolute Gasteiger partial charge is 0.459 e. The lowest BCUT2D eigenvalue weighted by Crippen LogP contribution is -2.44. The summed E-state index contributed by atoms with van der Waals surface area (Å²) in [6.07, 6.45) is 10.0. The number of carbonyl (C=O) groups excluding carboxylic acids is 2.